The lowest BCUT2D eigenvalue weighted by Crippen LogP contribution is -3.00. The van der Waals surface area contributed by atoms with E-state index >= 15 is 0 Å². The van der Waals surface area contributed by atoms with Crippen LogP contribution in [-0.2, 0) is 0 Å². The third kappa shape index (κ3) is 20.6. The molecule has 0 atom stereocenters. The SMILES string of the molecule is CCCCCCCCCCCC[N+](C)(C)CSCCCCC.[Cl-]. The molecule has 23 heavy (non-hydrogen) atoms. The highest BCUT2D eigenvalue weighted by molar-refractivity contribution is 7.99. The van der Waals surface area contributed by atoms with Gasteiger partial charge >= 0.3 is 0 Å². The van der Waals surface area contributed by atoms with Crippen molar-refractivity contribution in [1.82, 2.24) is 0 Å². The van der Waals surface area contributed by atoms with Gasteiger partial charge in [-0.15, -0.1) is 11.8 Å². The topological polar surface area (TPSA) is 0 Å². The number of thioether (sulfide) groups is 1. The lowest BCUT2D eigenvalue weighted by Gasteiger charge is -2.29. The Morgan fingerprint density at radius 1 is 0.609 bits per heavy atom. The maximum atomic E-state index is 2.40. The fourth-order valence-electron chi connectivity index (χ4n) is 2.86. The van der Waals surface area contributed by atoms with E-state index in [1.807, 2.05) is 0 Å². The Morgan fingerprint density at radius 3 is 1.57 bits per heavy atom. The minimum absolute atomic E-state index is 0. The summed E-state index contributed by atoms with van der Waals surface area (Å²) in [6.07, 6.45) is 18.6. The third-order valence-electron chi connectivity index (χ3n) is 4.45. The van der Waals surface area contributed by atoms with Crippen molar-refractivity contribution in [2.75, 3.05) is 32.3 Å². The zero-order chi connectivity index (χ0) is 16.5. The molecule has 0 aliphatic heterocycles. The minimum Gasteiger partial charge on any atom is -1.00 e. The quantitative estimate of drug-likeness (QED) is 0.214. The first-order valence-corrected chi connectivity index (χ1v) is 11.2. The number of unbranched alkanes of at least 4 members (excludes halogenated alkanes) is 11. The van der Waals surface area contributed by atoms with Gasteiger partial charge in [-0.25, -0.2) is 0 Å². The van der Waals surface area contributed by atoms with Crippen LogP contribution in [0.25, 0.3) is 0 Å². The molecule has 0 heterocycles. The average Bonchev–Trinajstić information content (AvgIpc) is 2.49. The summed E-state index contributed by atoms with van der Waals surface area (Å²) < 4.78 is 1.20. The first-order chi connectivity index (χ1) is 10.6. The molecule has 0 saturated carbocycles. The average molecular weight is 366 g/mol. The molecule has 0 spiro atoms. The normalized spacial score (nSPS) is 11.5. The van der Waals surface area contributed by atoms with E-state index in [0.717, 1.165) is 0 Å². The summed E-state index contributed by atoms with van der Waals surface area (Å²) in [5, 5.41) is 0. The van der Waals surface area contributed by atoms with Crippen LogP contribution in [0, 0.1) is 0 Å². The van der Waals surface area contributed by atoms with Gasteiger partial charge < -0.3 is 16.9 Å². The van der Waals surface area contributed by atoms with Crippen molar-refractivity contribution in [1.29, 1.82) is 0 Å². The molecule has 0 aliphatic carbocycles. The standard InChI is InChI=1S/C20H44NS.ClH/c1-5-7-9-10-11-12-13-14-15-16-18-21(3,4)20-22-19-17-8-6-2;/h5-20H2,1-4H3;1H/q+1;/p-1. The molecule has 0 bridgehead atoms. The second-order valence-electron chi connectivity index (χ2n) is 7.59. The summed E-state index contributed by atoms with van der Waals surface area (Å²) in [7, 11) is 4.81. The van der Waals surface area contributed by atoms with Crippen LogP contribution in [0.15, 0.2) is 0 Å². The molecule has 0 amide bonds. The Kier molecular flexibility index (Phi) is 21.3. The summed E-state index contributed by atoms with van der Waals surface area (Å²) >= 11 is 2.15. The summed E-state index contributed by atoms with van der Waals surface area (Å²) in [4.78, 5) is 0. The Hall–Kier alpha value is 0.600. The van der Waals surface area contributed by atoms with Gasteiger partial charge in [-0.1, -0.05) is 78.1 Å². The van der Waals surface area contributed by atoms with Crippen molar-refractivity contribution in [2.45, 2.75) is 97.3 Å². The van der Waals surface area contributed by atoms with Crippen molar-refractivity contribution in [2.24, 2.45) is 0 Å². The fourth-order valence-corrected chi connectivity index (χ4v) is 4.02. The highest BCUT2D eigenvalue weighted by Gasteiger charge is 2.13. The van der Waals surface area contributed by atoms with Crippen molar-refractivity contribution in [3.8, 4) is 0 Å². The number of hydrogen-bond donors (Lipinski definition) is 0. The Labute approximate surface area is 158 Å². The second-order valence-corrected chi connectivity index (χ2v) is 8.66. The maximum absolute atomic E-state index is 2.40. The molecule has 0 rings (SSSR count). The summed E-state index contributed by atoms with van der Waals surface area (Å²) in [5.74, 6) is 2.65. The van der Waals surface area contributed by atoms with E-state index in [-0.39, 0.29) is 12.4 Å². The number of quaternary nitrogens is 1. The molecule has 0 unspecified atom stereocenters. The smallest absolute Gasteiger partial charge is 0.125 e. The summed E-state index contributed by atoms with van der Waals surface area (Å²) in [6.45, 7) is 5.94. The van der Waals surface area contributed by atoms with Crippen LogP contribution in [0.1, 0.15) is 97.3 Å². The number of nitrogens with zero attached hydrogens (tertiary/aromatic N) is 1. The van der Waals surface area contributed by atoms with Crippen LogP contribution in [0.5, 0.6) is 0 Å². The van der Waals surface area contributed by atoms with E-state index in [2.05, 4.69) is 39.7 Å². The van der Waals surface area contributed by atoms with Gasteiger partial charge in [-0.3, -0.25) is 0 Å². The van der Waals surface area contributed by atoms with Crippen molar-refractivity contribution in [3.63, 3.8) is 0 Å². The molecular formula is C20H44ClNS. The molecule has 0 aromatic rings. The Balaban J connectivity index is 0. The summed E-state index contributed by atoms with van der Waals surface area (Å²) in [6, 6.07) is 0. The molecule has 3 heteroatoms. The van der Waals surface area contributed by atoms with Gasteiger partial charge in [-0.2, -0.15) is 0 Å². The number of halogens is 1. The molecule has 0 radical (unpaired) electrons. The molecule has 1 nitrogen and oxygen atoms in total. The van der Waals surface area contributed by atoms with Gasteiger partial charge in [0, 0.05) is 0 Å². The van der Waals surface area contributed by atoms with Crippen LogP contribution in [0.4, 0.5) is 0 Å². The minimum atomic E-state index is 0. The van der Waals surface area contributed by atoms with Crippen LogP contribution < -0.4 is 12.4 Å². The van der Waals surface area contributed by atoms with Gasteiger partial charge in [0.2, 0.25) is 0 Å². The third-order valence-corrected chi connectivity index (χ3v) is 5.91. The van der Waals surface area contributed by atoms with Crippen LogP contribution in [0.2, 0.25) is 0 Å². The molecule has 0 fully saturated rings. The van der Waals surface area contributed by atoms with E-state index in [4.69, 9.17) is 0 Å². The zero-order valence-corrected chi connectivity index (χ0v) is 18.1. The molecule has 142 valence electrons. The molecule has 0 saturated heterocycles. The summed E-state index contributed by atoms with van der Waals surface area (Å²) in [5.41, 5.74) is 0. The van der Waals surface area contributed by atoms with Gasteiger partial charge in [0.05, 0.1) is 20.6 Å². The first-order valence-electron chi connectivity index (χ1n) is 10.0. The van der Waals surface area contributed by atoms with Crippen LogP contribution in [-0.4, -0.2) is 36.8 Å². The number of rotatable bonds is 17. The van der Waals surface area contributed by atoms with E-state index in [1.54, 1.807) is 0 Å². The van der Waals surface area contributed by atoms with E-state index < -0.39 is 0 Å². The fraction of sp³-hybridized carbons (Fsp3) is 1.00. The molecule has 0 N–H and O–H groups in total. The monoisotopic (exact) mass is 365 g/mol. The lowest BCUT2D eigenvalue weighted by molar-refractivity contribution is -0.877. The van der Waals surface area contributed by atoms with Crippen LogP contribution in [0.3, 0.4) is 0 Å². The molecule has 0 aromatic carbocycles. The van der Waals surface area contributed by atoms with Crippen LogP contribution >= 0.6 is 11.8 Å². The first kappa shape index (κ1) is 25.8. The predicted molar refractivity (Wildman–Crippen MR) is 106 cm³/mol. The Bertz CT molecular complexity index is 222. The molecule has 0 aromatic heterocycles. The van der Waals surface area contributed by atoms with Gasteiger partial charge in [0.15, 0.2) is 0 Å². The van der Waals surface area contributed by atoms with Gasteiger partial charge in [0.1, 0.15) is 5.88 Å². The van der Waals surface area contributed by atoms with Crippen molar-refractivity contribution < 1.29 is 16.9 Å². The predicted octanol–water partition coefficient (Wildman–Crippen LogP) is 3.87. The Morgan fingerprint density at radius 2 is 1.04 bits per heavy atom. The molecular weight excluding hydrogens is 322 g/mol. The van der Waals surface area contributed by atoms with E-state index in [1.165, 1.54) is 106 Å². The zero-order valence-electron chi connectivity index (χ0n) is 16.5. The highest BCUT2D eigenvalue weighted by Crippen LogP contribution is 2.15. The van der Waals surface area contributed by atoms with E-state index in [0.29, 0.717) is 0 Å². The highest BCUT2D eigenvalue weighted by atomic mass is 35.5. The largest absolute Gasteiger partial charge is 1.00 e. The lowest BCUT2D eigenvalue weighted by atomic mass is 10.1. The maximum Gasteiger partial charge on any atom is 0.125 e. The van der Waals surface area contributed by atoms with Gasteiger partial charge in [-0.05, 0) is 25.0 Å². The molecule has 0 aliphatic rings. The second kappa shape index (κ2) is 18.9. The number of hydrogen-bond acceptors (Lipinski definition) is 1. The van der Waals surface area contributed by atoms with Gasteiger partial charge in [0.25, 0.3) is 0 Å². The van der Waals surface area contributed by atoms with Crippen molar-refractivity contribution in [3.05, 3.63) is 0 Å². The van der Waals surface area contributed by atoms with Crippen molar-refractivity contribution >= 4 is 11.8 Å². The van der Waals surface area contributed by atoms with E-state index in [9.17, 15) is 0 Å².